The van der Waals surface area contributed by atoms with Crippen LogP contribution in [0.2, 0.25) is 0 Å². The fraction of sp³-hybridized carbons (Fsp3) is 0.909. The van der Waals surface area contributed by atoms with Gasteiger partial charge in [0, 0.05) is 12.0 Å². The van der Waals surface area contributed by atoms with Gasteiger partial charge < -0.3 is 10.1 Å². The second-order valence-electron chi connectivity index (χ2n) is 4.71. The highest BCUT2D eigenvalue weighted by Gasteiger charge is 2.32. The minimum Gasteiger partial charge on any atom is -0.376 e. The summed E-state index contributed by atoms with van der Waals surface area (Å²) in [5.74, 6) is 0.420. The third-order valence-electron chi connectivity index (χ3n) is 2.99. The summed E-state index contributed by atoms with van der Waals surface area (Å²) in [4.78, 5) is 11.8. The van der Waals surface area contributed by atoms with Crippen molar-refractivity contribution in [2.24, 2.45) is 5.92 Å². The number of hydrogen-bond donors (Lipinski definition) is 1. The third-order valence-corrected chi connectivity index (χ3v) is 2.99. The number of ether oxygens (including phenoxy) is 1. The Morgan fingerprint density at radius 3 is 2.29 bits per heavy atom. The van der Waals surface area contributed by atoms with Crippen LogP contribution < -0.4 is 5.32 Å². The van der Waals surface area contributed by atoms with Gasteiger partial charge in [-0.3, -0.25) is 4.79 Å². The van der Waals surface area contributed by atoms with Crippen LogP contribution in [0, 0.1) is 5.92 Å². The molecule has 0 aromatic heterocycles. The summed E-state index contributed by atoms with van der Waals surface area (Å²) < 4.78 is 5.61. The fourth-order valence-electron chi connectivity index (χ4n) is 2.17. The van der Waals surface area contributed by atoms with Crippen molar-refractivity contribution in [3.63, 3.8) is 0 Å². The summed E-state index contributed by atoms with van der Waals surface area (Å²) in [6.45, 7) is 4.10. The van der Waals surface area contributed by atoms with Crippen LogP contribution in [0.4, 0.5) is 0 Å². The van der Waals surface area contributed by atoms with Gasteiger partial charge in [-0.2, -0.15) is 0 Å². The van der Waals surface area contributed by atoms with Gasteiger partial charge in [0.05, 0.1) is 12.2 Å². The van der Waals surface area contributed by atoms with E-state index >= 15 is 0 Å². The average Bonchev–Trinajstić information content (AvgIpc) is 2.86. The maximum Gasteiger partial charge on any atom is 0.223 e. The zero-order chi connectivity index (χ0) is 10.1. The third kappa shape index (κ3) is 2.47. The van der Waals surface area contributed by atoms with Crippen molar-refractivity contribution in [1.82, 2.24) is 5.32 Å². The maximum atomic E-state index is 11.8. The summed E-state index contributed by atoms with van der Waals surface area (Å²) in [6, 6.07) is 0.482. The minimum atomic E-state index is 0.175. The molecular weight excluding hydrogens is 178 g/mol. The predicted octanol–water partition coefficient (Wildman–Crippen LogP) is 1.47. The van der Waals surface area contributed by atoms with E-state index in [2.05, 4.69) is 5.32 Å². The molecule has 1 heterocycles. The molecule has 1 amide bonds. The van der Waals surface area contributed by atoms with Gasteiger partial charge in [-0.25, -0.2) is 0 Å². The van der Waals surface area contributed by atoms with Crippen LogP contribution in [0.25, 0.3) is 0 Å². The van der Waals surface area contributed by atoms with Crippen molar-refractivity contribution in [3.8, 4) is 0 Å². The molecule has 2 aliphatic rings. The van der Waals surface area contributed by atoms with E-state index in [0.717, 1.165) is 12.8 Å². The molecule has 1 aliphatic heterocycles. The van der Waals surface area contributed by atoms with Crippen molar-refractivity contribution in [2.45, 2.75) is 57.8 Å². The molecule has 1 unspecified atom stereocenters. The SMILES string of the molecule is C[C@@H]1CC(C(=O)NC2CC2)C[C@H](C)O1. The van der Waals surface area contributed by atoms with Gasteiger partial charge in [-0.05, 0) is 39.5 Å². The number of hydrogen-bond acceptors (Lipinski definition) is 2. The molecule has 0 radical (unpaired) electrons. The van der Waals surface area contributed by atoms with Gasteiger partial charge in [0.25, 0.3) is 0 Å². The lowest BCUT2D eigenvalue weighted by Crippen LogP contribution is -2.39. The Morgan fingerprint density at radius 1 is 1.21 bits per heavy atom. The van der Waals surface area contributed by atoms with Gasteiger partial charge in [-0.15, -0.1) is 0 Å². The first kappa shape index (κ1) is 9.97. The van der Waals surface area contributed by atoms with Crippen LogP contribution in [0.3, 0.4) is 0 Å². The van der Waals surface area contributed by atoms with E-state index in [1.54, 1.807) is 0 Å². The van der Waals surface area contributed by atoms with Crippen LogP contribution in [0.1, 0.15) is 39.5 Å². The Kier molecular flexibility index (Phi) is 2.77. The zero-order valence-electron chi connectivity index (χ0n) is 8.95. The summed E-state index contributed by atoms with van der Waals surface area (Å²) in [5, 5.41) is 3.07. The van der Waals surface area contributed by atoms with Crippen LogP contribution in [0.5, 0.6) is 0 Å². The largest absolute Gasteiger partial charge is 0.376 e. The van der Waals surface area contributed by atoms with E-state index in [-0.39, 0.29) is 24.0 Å². The van der Waals surface area contributed by atoms with Crippen LogP contribution >= 0.6 is 0 Å². The van der Waals surface area contributed by atoms with Gasteiger partial charge in [-0.1, -0.05) is 0 Å². The molecule has 3 atom stereocenters. The highest BCUT2D eigenvalue weighted by Crippen LogP contribution is 2.26. The van der Waals surface area contributed by atoms with Gasteiger partial charge in [0.2, 0.25) is 5.91 Å². The van der Waals surface area contributed by atoms with E-state index in [4.69, 9.17) is 4.74 Å². The summed E-state index contributed by atoms with van der Waals surface area (Å²) in [6.07, 6.45) is 4.55. The lowest BCUT2D eigenvalue weighted by molar-refractivity contribution is -0.133. The van der Waals surface area contributed by atoms with E-state index < -0.39 is 0 Å². The Balaban J connectivity index is 1.85. The Hall–Kier alpha value is -0.570. The predicted molar refractivity (Wildman–Crippen MR) is 53.9 cm³/mol. The van der Waals surface area contributed by atoms with E-state index in [9.17, 15) is 4.79 Å². The molecule has 14 heavy (non-hydrogen) atoms. The molecule has 2 fully saturated rings. The molecule has 0 bridgehead atoms. The summed E-state index contributed by atoms with van der Waals surface area (Å²) in [7, 11) is 0. The molecule has 0 aromatic carbocycles. The lowest BCUT2D eigenvalue weighted by Gasteiger charge is -2.31. The maximum absolute atomic E-state index is 11.8. The Labute approximate surface area is 85.2 Å². The normalized spacial score (nSPS) is 38.0. The first-order valence-electron chi connectivity index (χ1n) is 5.61. The number of carbonyl (C=O) groups is 1. The second kappa shape index (κ2) is 3.89. The minimum absolute atomic E-state index is 0.175. The molecule has 1 N–H and O–H groups in total. The van der Waals surface area contributed by atoms with Gasteiger partial charge in [0.1, 0.15) is 0 Å². The topological polar surface area (TPSA) is 38.3 Å². The Bertz CT molecular complexity index is 215. The highest BCUT2D eigenvalue weighted by molar-refractivity contribution is 5.79. The van der Waals surface area contributed by atoms with Crippen molar-refractivity contribution in [3.05, 3.63) is 0 Å². The van der Waals surface area contributed by atoms with Gasteiger partial charge in [0.15, 0.2) is 0 Å². The number of carbonyl (C=O) groups excluding carboxylic acids is 1. The van der Waals surface area contributed by atoms with Crippen molar-refractivity contribution in [1.29, 1.82) is 0 Å². The van der Waals surface area contributed by atoms with Crippen molar-refractivity contribution in [2.75, 3.05) is 0 Å². The quantitative estimate of drug-likeness (QED) is 0.728. The molecule has 3 nitrogen and oxygen atoms in total. The molecule has 0 spiro atoms. The van der Waals surface area contributed by atoms with E-state index in [1.807, 2.05) is 13.8 Å². The van der Waals surface area contributed by atoms with E-state index in [0.29, 0.717) is 6.04 Å². The molecule has 0 aromatic rings. The van der Waals surface area contributed by atoms with Gasteiger partial charge >= 0.3 is 0 Å². The molecule has 80 valence electrons. The molecule has 3 heteroatoms. The fourth-order valence-corrected chi connectivity index (χ4v) is 2.17. The number of rotatable bonds is 2. The van der Waals surface area contributed by atoms with E-state index in [1.165, 1.54) is 12.8 Å². The first-order valence-corrected chi connectivity index (χ1v) is 5.61. The monoisotopic (exact) mass is 197 g/mol. The van der Waals surface area contributed by atoms with Crippen LogP contribution in [-0.2, 0) is 9.53 Å². The molecule has 1 saturated heterocycles. The van der Waals surface area contributed by atoms with Crippen LogP contribution in [0.15, 0.2) is 0 Å². The average molecular weight is 197 g/mol. The van der Waals surface area contributed by atoms with Crippen LogP contribution in [-0.4, -0.2) is 24.2 Å². The number of amides is 1. The molecule has 2 rings (SSSR count). The summed E-state index contributed by atoms with van der Waals surface area (Å²) >= 11 is 0. The zero-order valence-corrected chi connectivity index (χ0v) is 8.95. The second-order valence-corrected chi connectivity index (χ2v) is 4.71. The number of nitrogens with one attached hydrogen (secondary N) is 1. The molecule has 1 saturated carbocycles. The molecular formula is C11H19NO2. The summed E-state index contributed by atoms with van der Waals surface area (Å²) in [5.41, 5.74) is 0. The van der Waals surface area contributed by atoms with Crippen molar-refractivity contribution >= 4 is 5.91 Å². The molecule has 1 aliphatic carbocycles. The first-order chi connectivity index (χ1) is 6.65. The smallest absolute Gasteiger partial charge is 0.223 e. The lowest BCUT2D eigenvalue weighted by atomic mass is 9.92. The Morgan fingerprint density at radius 2 is 1.79 bits per heavy atom. The standard InChI is InChI=1S/C11H19NO2/c1-7-5-9(6-8(2)14-7)11(13)12-10-3-4-10/h7-10H,3-6H2,1-2H3,(H,12,13)/t7-,8+,9?. The highest BCUT2D eigenvalue weighted by atomic mass is 16.5. The van der Waals surface area contributed by atoms with Crippen molar-refractivity contribution < 1.29 is 9.53 Å².